The molecule has 0 aliphatic carbocycles. The van der Waals surface area contributed by atoms with E-state index in [4.69, 9.17) is 9.97 Å². The van der Waals surface area contributed by atoms with E-state index in [-0.39, 0.29) is 32.3 Å². The first-order chi connectivity index (χ1) is 36.6. The summed E-state index contributed by atoms with van der Waals surface area (Å²) in [6.45, 7) is 3.67. The van der Waals surface area contributed by atoms with Crippen LogP contribution < -0.4 is 0 Å². The minimum atomic E-state index is -4.08. The van der Waals surface area contributed by atoms with E-state index >= 15 is 0 Å². The first-order valence-corrected chi connectivity index (χ1v) is 27.3. The highest BCUT2D eigenvalue weighted by atomic mass is 32.2. The first-order valence-electron chi connectivity index (χ1n) is 24.0. The molecule has 0 radical (unpaired) electrons. The Kier molecular flexibility index (Phi) is 12.5. The zero-order chi connectivity index (χ0) is 52.9. The molecule has 76 heavy (non-hydrogen) atoms. The lowest BCUT2D eigenvalue weighted by atomic mass is 10.0. The smallest absolute Gasteiger partial charge is 0.273 e. The predicted molar refractivity (Wildman–Crippen MR) is 298 cm³/mol. The van der Waals surface area contributed by atoms with Gasteiger partial charge in [-0.1, -0.05) is 96.1 Å². The van der Waals surface area contributed by atoms with Crippen LogP contribution in [0.15, 0.2) is 180 Å². The number of hydrogen-bond donors (Lipinski definition) is 2. The van der Waals surface area contributed by atoms with Crippen LogP contribution in [0, 0.1) is 34.1 Å². The first kappa shape index (κ1) is 48.9. The molecule has 0 atom stereocenters. The molecule has 14 nitrogen and oxygen atoms in total. The number of sulfone groups is 2. The van der Waals surface area contributed by atoms with Crippen molar-refractivity contribution in [3.8, 4) is 44.5 Å². The SMILES string of the molecule is Cc1ccc(S(=O)(=O)Cc2cc(-c3c4nc(c(-c5ccccc5)c5ccc([nH]5)c(-c5ccccc5)c5nc(c(-c6ccc([N+](=O)[O-])c(CS(=O)(=O)c7ccc(C)cc7)c6)c6ccc3[nH]6)C=C5)C=C4)ccc2[N+](=O)[O-])cc1. The molecule has 9 aromatic rings. The minimum absolute atomic E-state index is 0.0194. The average Bonchev–Trinajstić information content (AvgIpc) is 4.26. The highest BCUT2D eigenvalue weighted by Crippen LogP contribution is 2.41. The van der Waals surface area contributed by atoms with Crippen LogP contribution in [-0.2, 0) is 31.2 Å². The molecule has 0 saturated carbocycles. The van der Waals surface area contributed by atoms with Gasteiger partial charge in [-0.05, 0) is 133 Å². The van der Waals surface area contributed by atoms with Crippen molar-refractivity contribution in [2.45, 2.75) is 35.1 Å². The number of hydrogen-bond acceptors (Lipinski definition) is 10. The monoisotopic (exact) mass is 1040 g/mol. The molecular formula is C60H44N6O8S2. The van der Waals surface area contributed by atoms with Gasteiger partial charge >= 0.3 is 0 Å². The van der Waals surface area contributed by atoms with E-state index in [1.54, 1.807) is 48.5 Å². The summed E-state index contributed by atoms with van der Waals surface area (Å²) in [6.07, 6.45) is 7.46. The fourth-order valence-corrected chi connectivity index (χ4v) is 12.5. The Labute approximate surface area is 436 Å². The fourth-order valence-electron chi connectivity index (χ4n) is 9.77. The Morgan fingerprint density at radius 2 is 0.724 bits per heavy atom. The van der Waals surface area contributed by atoms with Crippen LogP contribution in [0.4, 0.5) is 11.4 Å². The van der Waals surface area contributed by atoms with Crippen molar-refractivity contribution < 1.29 is 26.7 Å². The van der Waals surface area contributed by atoms with E-state index in [1.165, 1.54) is 48.5 Å². The van der Waals surface area contributed by atoms with Gasteiger partial charge in [0.05, 0.1) is 53.9 Å². The summed E-state index contributed by atoms with van der Waals surface area (Å²) < 4.78 is 56.0. The molecule has 5 heterocycles. The number of nitro benzene ring substituents is 2. The van der Waals surface area contributed by atoms with Gasteiger partial charge in [-0.2, -0.15) is 0 Å². The van der Waals surface area contributed by atoms with Crippen LogP contribution >= 0.6 is 0 Å². The van der Waals surface area contributed by atoms with Crippen molar-refractivity contribution in [3.05, 3.63) is 235 Å². The number of nitrogens with zero attached hydrogens (tertiary/aromatic N) is 4. The summed E-state index contributed by atoms with van der Waals surface area (Å²) in [5.41, 5.74) is 10.4. The van der Waals surface area contributed by atoms with Crippen LogP contribution in [0.25, 0.3) is 90.9 Å². The third-order valence-corrected chi connectivity index (χ3v) is 16.8. The van der Waals surface area contributed by atoms with Gasteiger partial charge in [0.1, 0.15) is 0 Å². The van der Waals surface area contributed by atoms with Gasteiger partial charge in [0.15, 0.2) is 19.7 Å². The zero-order valence-electron chi connectivity index (χ0n) is 40.8. The number of rotatable bonds is 12. The summed E-state index contributed by atoms with van der Waals surface area (Å²) in [6, 6.07) is 48.6. The Morgan fingerprint density at radius 1 is 0.408 bits per heavy atom. The van der Waals surface area contributed by atoms with Gasteiger partial charge in [0, 0.05) is 67.6 Å². The minimum Gasteiger partial charge on any atom is -0.354 e. The largest absolute Gasteiger partial charge is 0.354 e. The predicted octanol–water partition coefficient (Wildman–Crippen LogP) is 13.7. The number of aromatic amines is 2. The van der Waals surface area contributed by atoms with Gasteiger partial charge in [0.25, 0.3) is 11.4 Å². The molecule has 0 spiro atoms. The zero-order valence-corrected chi connectivity index (χ0v) is 42.4. The molecule has 2 aliphatic rings. The lowest BCUT2D eigenvalue weighted by Crippen LogP contribution is -2.07. The topological polar surface area (TPSA) is 212 Å². The third kappa shape index (κ3) is 9.42. The maximum absolute atomic E-state index is 14.0. The molecule has 374 valence electrons. The molecule has 16 heteroatoms. The van der Waals surface area contributed by atoms with E-state index in [0.29, 0.717) is 56.1 Å². The van der Waals surface area contributed by atoms with Gasteiger partial charge in [-0.25, -0.2) is 26.8 Å². The number of aryl methyl sites for hydroxylation is 2. The fraction of sp³-hybridized carbons (Fsp3) is 0.0667. The van der Waals surface area contributed by atoms with Gasteiger partial charge in [0.2, 0.25) is 0 Å². The number of nitro groups is 2. The van der Waals surface area contributed by atoms with E-state index < -0.39 is 41.0 Å². The summed E-state index contributed by atoms with van der Waals surface area (Å²) in [7, 11) is -8.16. The Morgan fingerprint density at radius 3 is 1.04 bits per heavy atom. The van der Waals surface area contributed by atoms with Crippen molar-refractivity contribution in [2.75, 3.05) is 0 Å². The second-order valence-electron chi connectivity index (χ2n) is 18.6. The average molecular weight is 1040 g/mol. The highest BCUT2D eigenvalue weighted by molar-refractivity contribution is 7.91. The Hall–Kier alpha value is -9.38. The van der Waals surface area contributed by atoms with Crippen LogP contribution in [0.1, 0.15) is 45.0 Å². The van der Waals surface area contributed by atoms with E-state index in [2.05, 4.69) is 9.97 Å². The van der Waals surface area contributed by atoms with Gasteiger partial charge in [-0.15, -0.1) is 0 Å². The van der Waals surface area contributed by atoms with Crippen molar-refractivity contribution >= 4 is 77.4 Å². The van der Waals surface area contributed by atoms with Crippen molar-refractivity contribution in [1.82, 2.24) is 19.9 Å². The molecule has 6 aromatic carbocycles. The normalized spacial score (nSPS) is 12.2. The van der Waals surface area contributed by atoms with E-state index in [0.717, 1.165) is 44.4 Å². The molecule has 0 saturated heterocycles. The summed E-state index contributed by atoms with van der Waals surface area (Å²) in [5.74, 6) is -1.34. The molecular weight excluding hydrogens is 997 g/mol. The highest BCUT2D eigenvalue weighted by Gasteiger charge is 2.27. The molecule has 8 bridgehead atoms. The molecule has 2 aliphatic heterocycles. The second kappa shape index (κ2) is 19.5. The van der Waals surface area contributed by atoms with Crippen LogP contribution in [0.5, 0.6) is 0 Å². The van der Waals surface area contributed by atoms with Gasteiger partial charge in [-0.3, -0.25) is 20.2 Å². The van der Waals surface area contributed by atoms with E-state index in [9.17, 15) is 37.1 Å². The number of fused-ring (bicyclic) bond motifs is 8. The second-order valence-corrected chi connectivity index (χ2v) is 22.6. The molecule has 0 amide bonds. The number of benzene rings is 6. The molecule has 0 unspecified atom stereocenters. The quantitative estimate of drug-likeness (QED) is 0.0872. The van der Waals surface area contributed by atoms with Crippen molar-refractivity contribution in [3.63, 3.8) is 0 Å². The summed E-state index contributed by atoms with van der Waals surface area (Å²) in [4.78, 5) is 42.0. The number of nitrogens with one attached hydrogen (secondary N) is 2. The lowest BCUT2D eigenvalue weighted by molar-refractivity contribution is -0.385. The summed E-state index contributed by atoms with van der Waals surface area (Å²) in [5, 5.41) is 25.3. The Bertz CT molecular complexity index is 4050. The van der Waals surface area contributed by atoms with Crippen LogP contribution in [0.2, 0.25) is 0 Å². The summed E-state index contributed by atoms with van der Waals surface area (Å²) >= 11 is 0. The lowest BCUT2D eigenvalue weighted by Gasteiger charge is -2.11. The molecule has 2 N–H and O–H groups in total. The third-order valence-electron chi connectivity index (χ3n) is 13.5. The van der Waals surface area contributed by atoms with Crippen LogP contribution in [0.3, 0.4) is 0 Å². The molecule has 11 rings (SSSR count). The number of aromatic nitrogens is 4. The number of H-pyrrole nitrogens is 2. The maximum Gasteiger partial charge on any atom is 0.273 e. The maximum atomic E-state index is 14.0. The van der Waals surface area contributed by atoms with Crippen molar-refractivity contribution in [2.24, 2.45) is 0 Å². The molecule has 3 aromatic heterocycles. The van der Waals surface area contributed by atoms with Crippen LogP contribution in [-0.4, -0.2) is 46.6 Å². The molecule has 0 fully saturated rings. The Balaban J connectivity index is 1.23. The van der Waals surface area contributed by atoms with Gasteiger partial charge < -0.3 is 9.97 Å². The standard InChI is InChI=1S/C60H44N6O8S2/c1-37-13-19-45(20-14-37)75(71,72)35-43-33-41(17-31-55(43)65(67)68)59-51-27-25-49(62-51)57(39-9-5-3-6-10-39)47-23-24-48(61-47)58(40-11-7-4-8-12-40)50-26-28-52(63-50)60(54-30-29-53(59)64-54)42-18-32-56(66(69)70)44(34-42)36-76(73,74)46-21-15-38(2)16-22-46/h3-34,61,64H,35-36H2,1-2H3. The van der Waals surface area contributed by atoms with Crippen molar-refractivity contribution in [1.29, 1.82) is 0 Å². The van der Waals surface area contributed by atoms with E-state index in [1.807, 2.05) is 111 Å².